The Morgan fingerprint density at radius 2 is 2.00 bits per heavy atom. The molecule has 0 unspecified atom stereocenters. The third kappa shape index (κ3) is 1.80. The van der Waals surface area contributed by atoms with Gasteiger partial charge in [-0.2, -0.15) is 0 Å². The zero-order valence-corrected chi connectivity index (χ0v) is 11.5. The van der Waals surface area contributed by atoms with Gasteiger partial charge in [0.1, 0.15) is 0 Å². The normalized spacial score (nSPS) is 19.6. The van der Waals surface area contributed by atoms with Gasteiger partial charge in [-0.1, -0.05) is 12.5 Å². The van der Waals surface area contributed by atoms with Crippen molar-refractivity contribution in [1.29, 1.82) is 0 Å². The first-order valence-electron chi connectivity index (χ1n) is 6.89. The molecule has 0 bridgehead atoms. The monoisotopic (exact) mass is 278 g/mol. The number of carbonyl (C=O) groups is 1. The minimum absolute atomic E-state index is 0.506. The van der Waals surface area contributed by atoms with Gasteiger partial charge in [-0.25, -0.2) is 0 Å². The molecule has 2 aliphatic rings. The standard InChI is InChI=1S/C15H18O5/c1-18-12-10(15(14(16)17)6-2-7-15)4-5-11-13(12)20-9-3-8-19-11/h4-5H,2-3,6-9H2,1H3,(H,16,17). The Morgan fingerprint density at radius 3 is 2.60 bits per heavy atom. The van der Waals surface area contributed by atoms with Crippen molar-refractivity contribution in [2.75, 3.05) is 20.3 Å². The second kappa shape index (κ2) is 4.89. The smallest absolute Gasteiger partial charge is 0.314 e. The second-order valence-corrected chi connectivity index (χ2v) is 5.26. The van der Waals surface area contributed by atoms with E-state index in [9.17, 15) is 9.90 Å². The number of carboxylic acids is 1. The third-order valence-corrected chi connectivity index (χ3v) is 4.20. The number of carboxylic acid groups (broad SMARTS) is 1. The van der Waals surface area contributed by atoms with Crippen molar-refractivity contribution >= 4 is 5.97 Å². The summed E-state index contributed by atoms with van der Waals surface area (Å²) in [7, 11) is 1.54. The first-order chi connectivity index (χ1) is 9.69. The van der Waals surface area contributed by atoms with E-state index in [1.54, 1.807) is 19.2 Å². The predicted molar refractivity (Wildman–Crippen MR) is 71.8 cm³/mol. The molecule has 0 spiro atoms. The average Bonchev–Trinajstić information content (AvgIpc) is 2.61. The van der Waals surface area contributed by atoms with Crippen LogP contribution in [0.1, 0.15) is 31.2 Å². The fraction of sp³-hybridized carbons (Fsp3) is 0.533. The molecule has 0 saturated heterocycles. The number of methoxy groups -OCH3 is 1. The highest BCUT2D eigenvalue weighted by atomic mass is 16.5. The molecule has 1 fully saturated rings. The summed E-state index contributed by atoms with van der Waals surface area (Å²) >= 11 is 0. The van der Waals surface area contributed by atoms with Crippen molar-refractivity contribution in [2.45, 2.75) is 31.1 Å². The first kappa shape index (κ1) is 13.1. The van der Waals surface area contributed by atoms with Crippen molar-refractivity contribution in [3.05, 3.63) is 17.7 Å². The van der Waals surface area contributed by atoms with Gasteiger partial charge in [-0.05, 0) is 18.9 Å². The lowest BCUT2D eigenvalue weighted by atomic mass is 9.64. The molecular weight excluding hydrogens is 260 g/mol. The summed E-state index contributed by atoms with van der Waals surface area (Å²) in [5.41, 5.74) is -0.140. The summed E-state index contributed by atoms with van der Waals surface area (Å²) in [5.74, 6) is 0.876. The largest absolute Gasteiger partial charge is 0.492 e. The van der Waals surface area contributed by atoms with E-state index in [-0.39, 0.29) is 0 Å². The van der Waals surface area contributed by atoms with Crippen LogP contribution in [0, 0.1) is 0 Å². The Morgan fingerprint density at radius 1 is 1.25 bits per heavy atom. The van der Waals surface area contributed by atoms with Gasteiger partial charge >= 0.3 is 5.97 Å². The lowest BCUT2D eigenvalue weighted by Crippen LogP contribution is -2.42. The van der Waals surface area contributed by atoms with Gasteiger partial charge in [-0.3, -0.25) is 4.79 Å². The van der Waals surface area contributed by atoms with Crippen LogP contribution in [0.15, 0.2) is 12.1 Å². The molecule has 0 radical (unpaired) electrons. The van der Waals surface area contributed by atoms with Gasteiger partial charge < -0.3 is 19.3 Å². The number of ether oxygens (including phenoxy) is 3. The summed E-state index contributed by atoms with van der Waals surface area (Å²) in [6.07, 6.45) is 3.00. The van der Waals surface area contributed by atoms with E-state index < -0.39 is 11.4 Å². The molecular formula is C15H18O5. The summed E-state index contributed by atoms with van der Waals surface area (Å²) in [4.78, 5) is 11.7. The van der Waals surface area contributed by atoms with Crippen LogP contribution in [0.5, 0.6) is 17.2 Å². The highest BCUT2D eigenvalue weighted by Gasteiger charge is 2.48. The first-order valence-corrected chi connectivity index (χ1v) is 6.89. The lowest BCUT2D eigenvalue weighted by Gasteiger charge is -2.39. The number of benzene rings is 1. The third-order valence-electron chi connectivity index (χ3n) is 4.20. The molecule has 0 atom stereocenters. The van der Waals surface area contributed by atoms with Crippen LogP contribution in [-0.4, -0.2) is 31.4 Å². The fourth-order valence-corrected chi connectivity index (χ4v) is 2.92. The van der Waals surface area contributed by atoms with Crippen molar-refractivity contribution in [3.8, 4) is 17.2 Å². The van der Waals surface area contributed by atoms with Gasteiger partial charge in [0.15, 0.2) is 11.5 Å². The number of hydrogen-bond donors (Lipinski definition) is 1. The van der Waals surface area contributed by atoms with E-state index in [0.29, 0.717) is 48.9 Å². The van der Waals surface area contributed by atoms with Gasteiger partial charge in [0.2, 0.25) is 5.75 Å². The summed E-state index contributed by atoms with van der Waals surface area (Å²) in [6.45, 7) is 1.15. The number of fused-ring (bicyclic) bond motifs is 1. The summed E-state index contributed by atoms with van der Waals surface area (Å²) in [5, 5.41) is 9.59. The molecule has 3 rings (SSSR count). The zero-order chi connectivity index (χ0) is 14.2. The maximum atomic E-state index is 11.7. The quantitative estimate of drug-likeness (QED) is 0.919. The van der Waals surface area contributed by atoms with E-state index in [1.807, 2.05) is 0 Å². The molecule has 0 amide bonds. The van der Waals surface area contributed by atoms with Crippen LogP contribution in [0.2, 0.25) is 0 Å². The topological polar surface area (TPSA) is 65.0 Å². The fourth-order valence-electron chi connectivity index (χ4n) is 2.92. The molecule has 5 heteroatoms. The summed E-state index contributed by atoms with van der Waals surface area (Å²) in [6, 6.07) is 3.60. The van der Waals surface area contributed by atoms with Crippen LogP contribution >= 0.6 is 0 Å². The molecule has 1 heterocycles. The molecule has 5 nitrogen and oxygen atoms in total. The van der Waals surface area contributed by atoms with E-state index in [2.05, 4.69) is 0 Å². The summed E-state index contributed by atoms with van der Waals surface area (Å²) < 4.78 is 16.8. The molecule has 1 N–H and O–H groups in total. The van der Waals surface area contributed by atoms with Gasteiger partial charge in [0, 0.05) is 12.0 Å². The van der Waals surface area contributed by atoms with E-state index >= 15 is 0 Å². The Balaban J connectivity index is 2.12. The van der Waals surface area contributed by atoms with Crippen molar-refractivity contribution in [3.63, 3.8) is 0 Å². The molecule has 1 aromatic carbocycles. The second-order valence-electron chi connectivity index (χ2n) is 5.26. The minimum Gasteiger partial charge on any atom is -0.492 e. The molecule has 108 valence electrons. The molecule has 1 aliphatic heterocycles. The molecule has 1 aromatic rings. The zero-order valence-electron chi connectivity index (χ0n) is 11.5. The Labute approximate surface area is 117 Å². The maximum Gasteiger partial charge on any atom is 0.314 e. The van der Waals surface area contributed by atoms with Crippen LogP contribution in [0.4, 0.5) is 0 Å². The van der Waals surface area contributed by atoms with E-state index in [0.717, 1.165) is 12.8 Å². The van der Waals surface area contributed by atoms with Crippen LogP contribution in [0.3, 0.4) is 0 Å². The number of hydrogen-bond acceptors (Lipinski definition) is 4. The number of rotatable bonds is 3. The van der Waals surface area contributed by atoms with Crippen LogP contribution < -0.4 is 14.2 Å². The van der Waals surface area contributed by atoms with Crippen molar-refractivity contribution in [2.24, 2.45) is 0 Å². The Bertz CT molecular complexity index is 533. The maximum absolute atomic E-state index is 11.7. The van der Waals surface area contributed by atoms with Crippen LogP contribution in [0.25, 0.3) is 0 Å². The van der Waals surface area contributed by atoms with Crippen molar-refractivity contribution < 1.29 is 24.1 Å². The lowest BCUT2D eigenvalue weighted by molar-refractivity contribution is -0.147. The van der Waals surface area contributed by atoms with Gasteiger partial charge in [0.25, 0.3) is 0 Å². The van der Waals surface area contributed by atoms with Gasteiger partial charge in [-0.15, -0.1) is 0 Å². The molecule has 1 aliphatic carbocycles. The highest BCUT2D eigenvalue weighted by molar-refractivity contribution is 5.84. The predicted octanol–water partition coefficient (Wildman–Crippen LogP) is 2.36. The molecule has 1 saturated carbocycles. The minimum atomic E-state index is -0.837. The SMILES string of the molecule is COc1c(C2(C(=O)O)CCC2)ccc2c1OCCCO2. The highest BCUT2D eigenvalue weighted by Crippen LogP contribution is 2.52. The average molecular weight is 278 g/mol. The molecule has 0 aromatic heterocycles. The number of aliphatic carboxylic acids is 1. The Hall–Kier alpha value is -1.91. The molecule has 20 heavy (non-hydrogen) atoms. The van der Waals surface area contributed by atoms with Gasteiger partial charge in [0.05, 0.1) is 25.7 Å². The van der Waals surface area contributed by atoms with Crippen molar-refractivity contribution in [1.82, 2.24) is 0 Å². The van der Waals surface area contributed by atoms with E-state index in [4.69, 9.17) is 14.2 Å². The van der Waals surface area contributed by atoms with Crippen LogP contribution in [-0.2, 0) is 10.2 Å². The Kier molecular flexibility index (Phi) is 3.20. The van der Waals surface area contributed by atoms with E-state index in [1.165, 1.54) is 0 Å².